The van der Waals surface area contributed by atoms with Crippen LogP contribution in [0.5, 0.6) is 0 Å². The number of aromatic nitrogens is 1. The molecule has 0 spiro atoms. The van der Waals surface area contributed by atoms with Crippen molar-refractivity contribution in [3.05, 3.63) is 71.4 Å². The Morgan fingerprint density at radius 2 is 1.70 bits per heavy atom. The third-order valence-corrected chi connectivity index (χ3v) is 5.27. The third kappa shape index (κ3) is 3.45. The molecule has 0 unspecified atom stereocenters. The van der Waals surface area contributed by atoms with E-state index in [9.17, 15) is 4.79 Å². The molecule has 27 heavy (non-hydrogen) atoms. The molecule has 138 valence electrons. The van der Waals surface area contributed by atoms with Gasteiger partial charge in [0.1, 0.15) is 0 Å². The largest absolute Gasteiger partial charge is 0.368 e. The highest BCUT2D eigenvalue weighted by Gasteiger charge is 2.25. The van der Waals surface area contributed by atoms with Crippen LogP contribution in [0.1, 0.15) is 21.6 Å². The van der Waals surface area contributed by atoms with Gasteiger partial charge >= 0.3 is 0 Å². The molecule has 5 heteroatoms. The summed E-state index contributed by atoms with van der Waals surface area (Å²) < 4.78 is 5.37. The van der Waals surface area contributed by atoms with Crippen LogP contribution < -0.4 is 4.90 Å². The van der Waals surface area contributed by atoms with E-state index < -0.39 is 0 Å². The molecule has 0 bridgehead atoms. The second-order valence-corrected chi connectivity index (χ2v) is 6.94. The van der Waals surface area contributed by atoms with E-state index >= 15 is 0 Å². The maximum atomic E-state index is 12.8. The summed E-state index contributed by atoms with van der Waals surface area (Å²) in [6.07, 6.45) is 0. The molecule has 2 heterocycles. The van der Waals surface area contributed by atoms with Crippen molar-refractivity contribution in [2.75, 3.05) is 31.1 Å². The van der Waals surface area contributed by atoms with Gasteiger partial charge < -0.3 is 14.3 Å². The topological polar surface area (TPSA) is 49.6 Å². The molecule has 1 aliphatic heterocycles. The highest BCUT2D eigenvalue weighted by Crippen LogP contribution is 2.25. The second-order valence-electron chi connectivity index (χ2n) is 6.94. The van der Waals surface area contributed by atoms with Crippen molar-refractivity contribution in [2.45, 2.75) is 13.8 Å². The van der Waals surface area contributed by atoms with Gasteiger partial charge in [-0.1, -0.05) is 47.6 Å². The molecule has 1 aromatic heterocycles. The van der Waals surface area contributed by atoms with Crippen molar-refractivity contribution in [2.24, 2.45) is 0 Å². The standard InChI is InChI=1S/C22H23N3O2/c1-16-7-6-10-20(17(16)2)24-11-13-25(14-12-24)22(26)19-15-21(27-23-19)18-8-4-3-5-9-18/h3-10,15H,11-14H2,1-2H3. The molecule has 4 rings (SSSR count). The zero-order valence-electron chi connectivity index (χ0n) is 15.7. The Kier molecular flexibility index (Phi) is 4.67. The van der Waals surface area contributed by atoms with Crippen molar-refractivity contribution in [3.63, 3.8) is 0 Å². The van der Waals surface area contributed by atoms with Crippen LogP contribution in [0, 0.1) is 13.8 Å². The van der Waals surface area contributed by atoms with Gasteiger partial charge in [0.15, 0.2) is 11.5 Å². The third-order valence-electron chi connectivity index (χ3n) is 5.27. The van der Waals surface area contributed by atoms with E-state index in [2.05, 4.69) is 42.1 Å². The average molecular weight is 361 g/mol. The molecule has 1 amide bonds. The fourth-order valence-electron chi connectivity index (χ4n) is 3.51. The lowest BCUT2D eigenvalue weighted by Crippen LogP contribution is -2.49. The lowest BCUT2D eigenvalue weighted by Gasteiger charge is -2.36. The Balaban J connectivity index is 1.43. The smallest absolute Gasteiger partial charge is 0.276 e. The molecule has 5 nitrogen and oxygen atoms in total. The van der Waals surface area contributed by atoms with Gasteiger partial charge in [0.2, 0.25) is 0 Å². The van der Waals surface area contributed by atoms with Crippen molar-refractivity contribution in [3.8, 4) is 11.3 Å². The van der Waals surface area contributed by atoms with Crippen LogP contribution in [0.3, 0.4) is 0 Å². The number of rotatable bonds is 3. The van der Waals surface area contributed by atoms with Gasteiger partial charge in [0.05, 0.1) is 0 Å². The highest BCUT2D eigenvalue weighted by atomic mass is 16.5. The van der Waals surface area contributed by atoms with Gasteiger partial charge in [0, 0.05) is 43.5 Å². The van der Waals surface area contributed by atoms with Crippen molar-refractivity contribution in [1.82, 2.24) is 10.1 Å². The number of carbonyl (C=O) groups is 1. The molecular weight excluding hydrogens is 338 g/mol. The van der Waals surface area contributed by atoms with Crippen LogP contribution >= 0.6 is 0 Å². The Labute approximate surface area is 159 Å². The summed E-state index contributed by atoms with van der Waals surface area (Å²) >= 11 is 0. The lowest BCUT2D eigenvalue weighted by atomic mass is 10.1. The number of amides is 1. The van der Waals surface area contributed by atoms with E-state index in [4.69, 9.17) is 4.52 Å². The van der Waals surface area contributed by atoms with Crippen molar-refractivity contribution < 1.29 is 9.32 Å². The molecule has 0 atom stereocenters. The maximum absolute atomic E-state index is 12.8. The monoisotopic (exact) mass is 361 g/mol. The Bertz CT molecular complexity index is 941. The number of hydrogen-bond donors (Lipinski definition) is 0. The van der Waals surface area contributed by atoms with E-state index in [1.165, 1.54) is 16.8 Å². The average Bonchev–Trinajstić information content (AvgIpc) is 3.21. The van der Waals surface area contributed by atoms with E-state index in [1.807, 2.05) is 35.2 Å². The fourth-order valence-corrected chi connectivity index (χ4v) is 3.51. The number of piperazine rings is 1. The van der Waals surface area contributed by atoms with Gasteiger partial charge in [-0.15, -0.1) is 0 Å². The number of hydrogen-bond acceptors (Lipinski definition) is 4. The minimum absolute atomic E-state index is 0.0680. The molecule has 1 saturated heterocycles. The fraction of sp³-hybridized carbons (Fsp3) is 0.273. The molecule has 0 radical (unpaired) electrons. The normalized spacial score (nSPS) is 14.4. The van der Waals surface area contributed by atoms with Gasteiger partial charge in [-0.2, -0.15) is 0 Å². The predicted molar refractivity (Wildman–Crippen MR) is 106 cm³/mol. The molecule has 2 aromatic carbocycles. The quantitative estimate of drug-likeness (QED) is 0.709. The number of aryl methyl sites for hydroxylation is 1. The predicted octanol–water partition coefficient (Wildman–Crippen LogP) is 3.92. The van der Waals surface area contributed by atoms with E-state index in [1.54, 1.807) is 6.07 Å². The first-order valence-electron chi connectivity index (χ1n) is 9.26. The number of carbonyl (C=O) groups excluding carboxylic acids is 1. The second kappa shape index (κ2) is 7.27. The number of nitrogens with zero attached hydrogens (tertiary/aromatic N) is 3. The van der Waals surface area contributed by atoms with Gasteiger partial charge in [-0.25, -0.2) is 0 Å². The van der Waals surface area contributed by atoms with Crippen LogP contribution in [0.2, 0.25) is 0 Å². The van der Waals surface area contributed by atoms with Crippen LogP contribution in [0.25, 0.3) is 11.3 Å². The van der Waals surface area contributed by atoms with Gasteiger partial charge in [0.25, 0.3) is 5.91 Å². The Morgan fingerprint density at radius 1 is 0.963 bits per heavy atom. The lowest BCUT2D eigenvalue weighted by molar-refractivity contribution is 0.0736. The Hall–Kier alpha value is -3.08. The van der Waals surface area contributed by atoms with Crippen LogP contribution in [-0.4, -0.2) is 42.1 Å². The molecule has 1 aliphatic rings. The van der Waals surface area contributed by atoms with Gasteiger partial charge in [-0.05, 0) is 31.0 Å². The summed E-state index contributed by atoms with van der Waals surface area (Å²) in [5, 5.41) is 3.99. The maximum Gasteiger partial charge on any atom is 0.276 e. The summed E-state index contributed by atoms with van der Waals surface area (Å²) in [7, 11) is 0. The van der Waals surface area contributed by atoms with E-state index in [0.717, 1.165) is 18.7 Å². The summed E-state index contributed by atoms with van der Waals surface area (Å²) in [4.78, 5) is 17.0. The molecule has 0 saturated carbocycles. The number of benzene rings is 2. The Morgan fingerprint density at radius 3 is 2.44 bits per heavy atom. The SMILES string of the molecule is Cc1cccc(N2CCN(C(=O)c3cc(-c4ccccc4)on3)CC2)c1C. The first-order valence-corrected chi connectivity index (χ1v) is 9.26. The highest BCUT2D eigenvalue weighted by molar-refractivity contribution is 5.93. The molecule has 0 aliphatic carbocycles. The molecule has 3 aromatic rings. The van der Waals surface area contributed by atoms with E-state index in [0.29, 0.717) is 24.5 Å². The summed E-state index contributed by atoms with van der Waals surface area (Å²) in [5.41, 5.74) is 5.15. The molecular formula is C22H23N3O2. The zero-order valence-corrected chi connectivity index (χ0v) is 15.7. The molecule has 0 N–H and O–H groups in total. The zero-order chi connectivity index (χ0) is 18.8. The summed E-state index contributed by atoms with van der Waals surface area (Å²) in [6.45, 7) is 7.29. The van der Waals surface area contributed by atoms with Crippen LogP contribution in [0.4, 0.5) is 5.69 Å². The van der Waals surface area contributed by atoms with Crippen LogP contribution in [0.15, 0.2) is 59.1 Å². The minimum Gasteiger partial charge on any atom is -0.368 e. The molecule has 1 fully saturated rings. The first kappa shape index (κ1) is 17.3. The van der Waals surface area contributed by atoms with E-state index in [-0.39, 0.29) is 5.91 Å². The van der Waals surface area contributed by atoms with Crippen LogP contribution in [-0.2, 0) is 0 Å². The van der Waals surface area contributed by atoms with Gasteiger partial charge in [-0.3, -0.25) is 4.79 Å². The van der Waals surface area contributed by atoms with Crippen molar-refractivity contribution >= 4 is 11.6 Å². The number of anilines is 1. The minimum atomic E-state index is -0.0680. The first-order chi connectivity index (χ1) is 13.1. The summed E-state index contributed by atoms with van der Waals surface area (Å²) in [6, 6.07) is 17.8. The van der Waals surface area contributed by atoms with Crippen molar-refractivity contribution in [1.29, 1.82) is 0 Å². The summed E-state index contributed by atoms with van der Waals surface area (Å²) in [5.74, 6) is 0.550.